The lowest BCUT2D eigenvalue weighted by atomic mass is 10.2. The van der Waals surface area contributed by atoms with Gasteiger partial charge in [0.25, 0.3) is 5.91 Å². The average Bonchev–Trinajstić information content (AvgIpc) is 2.42. The molecular formula is C14H9BrClF2NO. The third-order valence-corrected chi connectivity index (χ3v) is 3.63. The molecule has 104 valence electrons. The van der Waals surface area contributed by atoms with Crippen molar-refractivity contribution < 1.29 is 13.6 Å². The molecule has 0 aliphatic heterocycles. The van der Waals surface area contributed by atoms with E-state index in [1.165, 1.54) is 30.3 Å². The smallest absolute Gasteiger partial charge is 0.254 e. The SMILES string of the molecule is O=C(NCc1cc(F)ccc1Br)c1cc(Cl)ccc1F. The van der Waals surface area contributed by atoms with Crippen LogP contribution in [0.15, 0.2) is 40.9 Å². The molecule has 1 N–H and O–H groups in total. The highest BCUT2D eigenvalue weighted by atomic mass is 79.9. The number of carbonyl (C=O) groups is 1. The highest BCUT2D eigenvalue weighted by Gasteiger charge is 2.12. The molecule has 20 heavy (non-hydrogen) atoms. The Labute approximate surface area is 127 Å². The monoisotopic (exact) mass is 359 g/mol. The molecular weight excluding hydrogens is 352 g/mol. The molecule has 2 aromatic carbocycles. The van der Waals surface area contributed by atoms with Crippen molar-refractivity contribution in [1.29, 1.82) is 0 Å². The van der Waals surface area contributed by atoms with E-state index in [0.29, 0.717) is 10.0 Å². The minimum atomic E-state index is -0.662. The number of carbonyl (C=O) groups excluding carboxylic acids is 1. The van der Waals surface area contributed by atoms with Crippen LogP contribution in [-0.2, 0) is 6.54 Å². The molecule has 2 aromatic rings. The molecule has 0 aromatic heterocycles. The fraction of sp³-hybridized carbons (Fsp3) is 0.0714. The van der Waals surface area contributed by atoms with Gasteiger partial charge < -0.3 is 5.32 Å². The third kappa shape index (κ3) is 3.55. The molecule has 0 saturated heterocycles. The van der Waals surface area contributed by atoms with E-state index in [9.17, 15) is 13.6 Å². The van der Waals surface area contributed by atoms with Gasteiger partial charge in [-0.05, 0) is 42.0 Å². The van der Waals surface area contributed by atoms with Crippen LogP contribution in [0, 0.1) is 11.6 Å². The van der Waals surface area contributed by atoms with E-state index in [-0.39, 0.29) is 17.1 Å². The molecule has 0 saturated carbocycles. The molecule has 0 fully saturated rings. The van der Waals surface area contributed by atoms with E-state index in [1.807, 2.05) is 0 Å². The zero-order chi connectivity index (χ0) is 14.7. The fourth-order valence-electron chi connectivity index (χ4n) is 1.62. The summed E-state index contributed by atoms with van der Waals surface area (Å²) in [4.78, 5) is 11.9. The second kappa shape index (κ2) is 6.33. The Morgan fingerprint density at radius 3 is 2.70 bits per heavy atom. The van der Waals surface area contributed by atoms with E-state index in [1.54, 1.807) is 0 Å². The summed E-state index contributed by atoms with van der Waals surface area (Å²) in [6.45, 7) is 0.0725. The highest BCUT2D eigenvalue weighted by molar-refractivity contribution is 9.10. The van der Waals surface area contributed by atoms with Gasteiger partial charge in [0, 0.05) is 16.0 Å². The Balaban J connectivity index is 2.12. The first-order chi connectivity index (χ1) is 9.47. The van der Waals surface area contributed by atoms with Gasteiger partial charge in [-0.15, -0.1) is 0 Å². The second-order valence-electron chi connectivity index (χ2n) is 4.04. The molecule has 0 atom stereocenters. The van der Waals surface area contributed by atoms with Crippen molar-refractivity contribution in [2.75, 3.05) is 0 Å². The molecule has 0 heterocycles. The van der Waals surface area contributed by atoms with Crippen LogP contribution >= 0.6 is 27.5 Å². The van der Waals surface area contributed by atoms with E-state index < -0.39 is 17.5 Å². The summed E-state index contributed by atoms with van der Waals surface area (Å²) in [5.41, 5.74) is 0.408. The van der Waals surface area contributed by atoms with Gasteiger partial charge in [0.2, 0.25) is 0 Å². The molecule has 2 nitrogen and oxygen atoms in total. The van der Waals surface area contributed by atoms with Crippen LogP contribution in [0.1, 0.15) is 15.9 Å². The van der Waals surface area contributed by atoms with E-state index in [4.69, 9.17) is 11.6 Å². The summed E-state index contributed by atoms with van der Waals surface area (Å²) >= 11 is 8.97. The molecule has 0 bridgehead atoms. The minimum absolute atomic E-state index is 0.0725. The van der Waals surface area contributed by atoms with Crippen molar-refractivity contribution >= 4 is 33.4 Å². The average molecular weight is 361 g/mol. The lowest BCUT2D eigenvalue weighted by Gasteiger charge is -2.08. The first-order valence-corrected chi connectivity index (χ1v) is 6.81. The molecule has 6 heteroatoms. The number of hydrogen-bond donors (Lipinski definition) is 1. The Morgan fingerprint density at radius 2 is 1.95 bits per heavy atom. The van der Waals surface area contributed by atoms with Crippen LogP contribution in [0.3, 0.4) is 0 Å². The first-order valence-electron chi connectivity index (χ1n) is 5.64. The maximum absolute atomic E-state index is 13.5. The van der Waals surface area contributed by atoms with E-state index in [0.717, 1.165) is 6.07 Å². The van der Waals surface area contributed by atoms with Crippen LogP contribution in [-0.4, -0.2) is 5.91 Å². The fourth-order valence-corrected chi connectivity index (χ4v) is 2.18. The zero-order valence-electron chi connectivity index (χ0n) is 10.1. The van der Waals surface area contributed by atoms with Crippen molar-refractivity contribution in [3.8, 4) is 0 Å². The largest absolute Gasteiger partial charge is 0.348 e. The molecule has 0 radical (unpaired) electrons. The number of rotatable bonds is 3. The normalized spacial score (nSPS) is 10.4. The van der Waals surface area contributed by atoms with Crippen molar-refractivity contribution in [2.45, 2.75) is 6.54 Å². The van der Waals surface area contributed by atoms with Gasteiger partial charge in [-0.25, -0.2) is 8.78 Å². The Morgan fingerprint density at radius 1 is 1.20 bits per heavy atom. The summed E-state index contributed by atoms with van der Waals surface area (Å²) in [5.74, 6) is -1.68. The highest BCUT2D eigenvalue weighted by Crippen LogP contribution is 2.18. The molecule has 1 amide bonds. The van der Waals surface area contributed by atoms with E-state index >= 15 is 0 Å². The Bertz CT molecular complexity index is 664. The second-order valence-corrected chi connectivity index (χ2v) is 5.33. The number of nitrogens with one attached hydrogen (secondary N) is 1. The van der Waals surface area contributed by atoms with Gasteiger partial charge in [-0.2, -0.15) is 0 Å². The zero-order valence-corrected chi connectivity index (χ0v) is 12.4. The van der Waals surface area contributed by atoms with Crippen LogP contribution in [0.2, 0.25) is 5.02 Å². The van der Waals surface area contributed by atoms with Gasteiger partial charge in [0.05, 0.1) is 5.56 Å². The molecule has 0 aliphatic rings. The quantitative estimate of drug-likeness (QED) is 0.868. The number of hydrogen-bond acceptors (Lipinski definition) is 1. The summed E-state index contributed by atoms with van der Waals surface area (Å²) in [6.07, 6.45) is 0. The Kier molecular flexibility index (Phi) is 4.73. The Hall–Kier alpha value is -1.46. The summed E-state index contributed by atoms with van der Waals surface area (Å²) in [7, 11) is 0. The van der Waals surface area contributed by atoms with Gasteiger partial charge in [-0.3, -0.25) is 4.79 Å². The number of halogens is 4. The standard InChI is InChI=1S/C14H9BrClF2NO/c15-12-3-2-10(17)5-8(12)7-19-14(20)11-6-9(16)1-4-13(11)18/h1-6H,7H2,(H,19,20). The van der Waals surface area contributed by atoms with Gasteiger partial charge in [0.1, 0.15) is 11.6 Å². The van der Waals surface area contributed by atoms with Crippen LogP contribution in [0.5, 0.6) is 0 Å². The number of benzene rings is 2. The molecule has 0 unspecified atom stereocenters. The van der Waals surface area contributed by atoms with Crippen LogP contribution < -0.4 is 5.32 Å². The minimum Gasteiger partial charge on any atom is -0.348 e. The number of amides is 1. The first kappa shape index (κ1) is 14.9. The molecule has 0 spiro atoms. The summed E-state index contributed by atoms with van der Waals surface area (Å²) in [6, 6.07) is 7.85. The molecule has 2 rings (SSSR count). The third-order valence-electron chi connectivity index (χ3n) is 2.62. The van der Waals surface area contributed by atoms with Gasteiger partial charge in [-0.1, -0.05) is 27.5 Å². The predicted octanol–water partition coefficient (Wildman–Crippen LogP) is 4.31. The van der Waals surface area contributed by atoms with Crippen LogP contribution in [0.25, 0.3) is 0 Å². The van der Waals surface area contributed by atoms with Gasteiger partial charge >= 0.3 is 0 Å². The van der Waals surface area contributed by atoms with Crippen molar-refractivity contribution in [3.05, 3.63) is 68.7 Å². The van der Waals surface area contributed by atoms with Crippen molar-refractivity contribution in [3.63, 3.8) is 0 Å². The maximum Gasteiger partial charge on any atom is 0.254 e. The lowest BCUT2D eigenvalue weighted by molar-refractivity contribution is 0.0946. The van der Waals surface area contributed by atoms with Crippen molar-refractivity contribution in [2.24, 2.45) is 0 Å². The maximum atomic E-state index is 13.5. The van der Waals surface area contributed by atoms with Crippen LogP contribution in [0.4, 0.5) is 8.78 Å². The van der Waals surface area contributed by atoms with Crippen molar-refractivity contribution in [1.82, 2.24) is 5.32 Å². The van der Waals surface area contributed by atoms with Gasteiger partial charge in [0.15, 0.2) is 0 Å². The lowest BCUT2D eigenvalue weighted by Crippen LogP contribution is -2.24. The molecule has 0 aliphatic carbocycles. The summed E-state index contributed by atoms with van der Waals surface area (Å²) < 4.78 is 27.3. The topological polar surface area (TPSA) is 29.1 Å². The summed E-state index contributed by atoms with van der Waals surface area (Å²) in [5, 5.41) is 2.78. The van der Waals surface area contributed by atoms with E-state index in [2.05, 4.69) is 21.2 Å². The predicted molar refractivity (Wildman–Crippen MR) is 76.7 cm³/mol.